The average molecular weight is 194 g/mol. The van der Waals surface area contributed by atoms with Crippen LogP contribution in [0.3, 0.4) is 0 Å². The van der Waals surface area contributed by atoms with E-state index in [2.05, 4.69) is 5.10 Å². The van der Waals surface area contributed by atoms with E-state index in [9.17, 15) is 4.79 Å². The fourth-order valence-electron chi connectivity index (χ4n) is 1.72. The van der Waals surface area contributed by atoms with E-state index in [4.69, 9.17) is 4.74 Å². The molecule has 2 rings (SSSR count). The van der Waals surface area contributed by atoms with Crippen molar-refractivity contribution >= 4 is 0 Å². The maximum Gasteiger partial charge on any atom is 0.266 e. The second kappa shape index (κ2) is 3.82. The summed E-state index contributed by atoms with van der Waals surface area (Å²) in [5, 5.41) is 4.02. The van der Waals surface area contributed by atoms with Crippen LogP contribution in [0.15, 0.2) is 16.9 Å². The third-order valence-corrected chi connectivity index (χ3v) is 2.53. The largest absolute Gasteiger partial charge is 0.473 e. The quantitative estimate of drug-likeness (QED) is 0.708. The fraction of sp³-hybridized carbons (Fsp3) is 0.600. The van der Waals surface area contributed by atoms with Gasteiger partial charge in [0.15, 0.2) is 0 Å². The lowest BCUT2D eigenvalue weighted by Crippen LogP contribution is -2.20. The first-order valence-electron chi connectivity index (χ1n) is 4.97. The van der Waals surface area contributed by atoms with Gasteiger partial charge in [-0.3, -0.25) is 4.79 Å². The second-order valence-corrected chi connectivity index (χ2v) is 3.66. The van der Waals surface area contributed by atoms with E-state index in [1.165, 1.54) is 23.6 Å². The Bertz CT molecular complexity index is 367. The van der Waals surface area contributed by atoms with E-state index in [1.807, 2.05) is 0 Å². The summed E-state index contributed by atoms with van der Waals surface area (Å²) in [7, 11) is 1.63. The fourth-order valence-corrected chi connectivity index (χ4v) is 1.72. The van der Waals surface area contributed by atoms with E-state index in [0.717, 1.165) is 12.8 Å². The van der Waals surface area contributed by atoms with Crippen LogP contribution < -0.4 is 10.3 Å². The molecule has 0 aromatic carbocycles. The standard InChI is InChI=1S/C10H14N2O2/c1-12-10(13)7-6-9(11-12)14-8-4-2-3-5-8/h6-8H,2-5H2,1H3. The van der Waals surface area contributed by atoms with Crippen LogP contribution in [-0.4, -0.2) is 15.9 Å². The first-order valence-corrected chi connectivity index (χ1v) is 4.97. The molecule has 1 saturated carbocycles. The summed E-state index contributed by atoms with van der Waals surface area (Å²) in [4.78, 5) is 11.1. The maximum atomic E-state index is 11.1. The molecular weight excluding hydrogens is 180 g/mol. The molecule has 1 aromatic heterocycles. The van der Waals surface area contributed by atoms with Gasteiger partial charge >= 0.3 is 0 Å². The number of rotatable bonds is 2. The van der Waals surface area contributed by atoms with Gasteiger partial charge in [0.1, 0.15) is 6.10 Å². The van der Waals surface area contributed by atoms with Crippen molar-refractivity contribution in [2.45, 2.75) is 31.8 Å². The Balaban J connectivity index is 2.09. The van der Waals surface area contributed by atoms with Gasteiger partial charge in [-0.1, -0.05) is 0 Å². The predicted octanol–water partition coefficient (Wildman–Crippen LogP) is 1.10. The molecule has 0 saturated heterocycles. The average Bonchev–Trinajstić information content (AvgIpc) is 2.64. The molecule has 0 bridgehead atoms. The summed E-state index contributed by atoms with van der Waals surface area (Å²) < 4.78 is 6.94. The molecular formula is C10H14N2O2. The minimum Gasteiger partial charge on any atom is -0.473 e. The van der Waals surface area contributed by atoms with Crippen molar-refractivity contribution in [3.8, 4) is 5.88 Å². The lowest BCUT2D eigenvalue weighted by molar-refractivity contribution is 0.196. The third kappa shape index (κ3) is 1.95. The first kappa shape index (κ1) is 9.24. The third-order valence-electron chi connectivity index (χ3n) is 2.53. The van der Waals surface area contributed by atoms with E-state index >= 15 is 0 Å². The van der Waals surface area contributed by atoms with Gasteiger partial charge in [-0.25, -0.2) is 4.68 Å². The molecule has 0 aliphatic heterocycles. The van der Waals surface area contributed by atoms with Gasteiger partial charge in [-0.05, 0) is 25.7 Å². The highest BCUT2D eigenvalue weighted by Gasteiger charge is 2.16. The van der Waals surface area contributed by atoms with E-state index in [1.54, 1.807) is 13.1 Å². The van der Waals surface area contributed by atoms with Crippen molar-refractivity contribution in [2.24, 2.45) is 7.05 Å². The predicted molar refractivity (Wildman–Crippen MR) is 52.4 cm³/mol. The van der Waals surface area contributed by atoms with Crippen molar-refractivity contribution < 1.29 is 4.74 Å². The molecule has 0 unspecified atom stereocenters. The molecule has 1 fully saturated rings. The van der Waals surface area contributed by atoms with Gasteiger partial charge in [0.25, 0.3) is 5.56 Å². The SMILES string of the molecule is Cn1nc(OC2CCCC2)ccc1=O. The van der Waals surface area contributed by atoms with Crippen LogP contribution in [0.25, 0.3) is 0 Å². The molecule has 1 aliphatic rings. The molecule has 0 atom stereocenters. The van der Waals surface area contributed by atoms with Crippen LogP contribution in [0.2, 0.25) is 0 Å². The highest BCUT2D eigenvalue weighted by molar-refractivity contribution is 5.07. The smallest absolute Gasteiger partial charge is 0.266 e. The molecule has 1 aliphatic carbocycles. The lowest BCUT2D eigenvalue weighted by atomic mass is 10.3. The van der Waals surface area contributed by atoms with Crippen molar-refractivity contribution in [2.75, 3.05) is 0 Å². The number of nitrogens with zero attached hydrogens (tertiary/aromatic N) is 2. The van der Waals surface area contributed by atoms with Crippen LogP contribution in [0.1, 0.15) is 25.7 Å². The highest BCUT2D eigenvalue weighted by atomic mass is 16.5. The minimum atomic E-state index is -0.108. The maximum absolute atomic E-state index is 11.1. The second-order valence-electron chi connectivity index (χ2n) is 3.66. The molecule has 0 spiro atoms. The number of hydrogen-bond acceptors (Lipinski definition) is 3. The molecule has 0 radical (unpaired) electrons. The van der Waals surface area contributed by atoms with Crippen molar-refractivity contribution in [1.82, 2.24) is 9.78 Å². The summed E-state index contributed by atoms with van der Waals surface area (Å²) in [6, 6.07) is 3.12. The summed E-state index contributed by atoms with van der Waals surface area (Å²) in [6.07, 6.45) is 4.96. The van der Waals surface area contributed by atoms with Gasteiger partial charge in [0, 0.05) is 19.2 Å². The topological polar surface area (TPSA) is 44.1 Å². The summed E-state index contributed by atoms with van der Waals surface area (Å²) in [5.41, 5.74) is -0.108. The first-order chi connectivity index (χ1) is 6.75. The number of ether oxygens (including phenoxy) is 1. The van der Waals surface area contributed by atoms with Crippen molar-refractivity contribution in [3.05, 3.63) is 22.5 Å². The van der Waals surface area contributed by atoms with Gasteiger partial charge in [0.05, 0.1) is 0 Å². The van der Waals surface area contributed by atoms with Crippen LogP contribution >= 0.6 is 0 Å². The van der Waals surface area contributed by atoms with Gasteiger partial charge in [-0.15, -0.1) is 5.10 Å². The molecule has 14 heavy (non-hydrogen) atoms. The molecule has 76 valence electrons. The van der Waals surface area contributed by atoms with Crippen LogP contribution in [0.5, 0.6) is 5.88 Å². The Morgan fingerprint density at radius 3 is 2.79 bits per heavy atom. The molecule has 4 nitrogen and oxygen atoms in total. The van der Waals surface area contributed by atoms with Crippen LogP contribution in [0.4, 0.5) is 0 Å². The zero-order valence-electron chi connectivity index (χ0n) is 8.27. The van der Waals surface area contributed by atoms with Gasteiger partial charge in [-0.2, -0.15) is 0 Å². The Hall–Kier alpha value is -1.32. The molecule has 0 N–H and O–H groups in total. The number of aryl methyl sites for hydroxylation is 1. The molecule has 4 heteroatoms. The summed E-state index contributed by atoms with van der Waals surface area (Å²) >= 11 is 0. The monoisotopic (exact) mass is 194 g/mol. The highest BCUT2D eigenvalue weighted by Crippen LogP contribution is 2.22. The Morgan fingerprint density at radius 1 is 1.43 bits per heavy atom. The minimum absolute atomic E-state index is 0.108. The van der Waals surface area contributed by atoms with E-state index < -0.39 is 0 Å². The Labute approximate surface area is 82.5 Å². The van der Waals surface area contributed by atoms with E-state index in [-0.39, 0.29) is 5.56 Å². The lowest BCUT2D eigenvalue weighted by Gasteiger charge is -2.11. The number of aromatic nitrogens is 2. The zero-order valence-corrected chi connectivity index (χ0v) is 8.27. The molecule has 1 heterocycles. The van der Waals surface area contributed by atoms with Crippen LogP contribution in [0, 0.1) is 0 Å². The van der Waals surface area contributed by atoms with E-state index in [0.29, 0.717) is 12.0 Å². The van der Waals surface area contributed by atoms with Crippen molar-refractivity contribution in [3.63, 3.8) is 0 Å². The number of hydrogen-bond donors (Lipinski definition) is 0. The molecule has 0 amide bonds. The molecule has 1 aromatic rings. The Kier molecular flexibility index (Phi) is 2.52. The normalized spacial score (nSPS) is 17.2. The summed E-state index contributed by atoms with van der Waals surface area (Å²) in [6.45, 7) is 0. The van der Waals surface area contributed by atoms with Gasteiger partial charge in [0.2, 0.25) is 5.88 Å². The van der Waals surface area contributed by atoms with Crippen molar-refractivity contribution in [1.29, 1.82) is 0 Å². The van der Waals surface area contributed by atoms with Gasteiger partial charge < -0.3 is 4.74 Å². The summed E-state index contributed by atoms with van der Waals surface area (Å²) in [5.74, 6) is 0.555. The Morgan fingerprint density at radius 2 is 2.14 bits per heavy atom. The zero-order chi connectivity index (χ0) is 9.97. The van der Waals surface area contributed by atoms with Crippen LogP contribution in [-0.2, 0) is 7.05 Å².